The van der Waals surface area contributed by atoms with Crippen LogP contribution in [0.1, 0.15) is 17.2 Å². The molecule has 22 heavy (non-hydrogen) atoms. The number of nitrogens with one attached hydrogen (secondary N) is 1. The molecule has 0 aliphatic rings. The van der Waals surface area contributed by atoms with Gasteiger partial charge in [-0.25, -0.2) is 0 Å². The van der Waals surface area contributed by atoms with Crippen molar-refractivity contribution in [3.63, 3.8) is 0 Å². The maximum Gasteiger partial charge on any atom is 0.269 e. The Morgan fingerprint density at radius 3 is 2.27 bits per heavy atom. The molecule has 5 nitrogen and oxygen atoms in total. The lowest BCUT2D eigenvalue weighted by Gasteiger charge is -2.16. The molecule has 0 fully saturated rings. The molecule has 0 saturated heterocycles. The van der Waals surface area contributed by atoms with Gasteiger partial charge in [0, 0.05) is 12.1 Å². The van der Waals surface area contributed by atoms with E-state index in [9.17, 15) is 15.2 Å². The monoisotopic (exact) mass is 322 g/mol. The van der Waals surface area contributed by atoms with Crippen molar-refractivity contribution < 1.29 is 10.0 Å². The standard InChI is InChI=1S/C16H18N2O3.ClH/c19-12-16(14-4-2-1-3-5-14)17-11-10-13-6-8-15(9-7-13)18(20)21;/h1-9,16-17,19H,10-12H2;1H. The predicted molar refractivity (Wildman–Crippen MR) is 88.3 cm³/mol. The van der Waals surface area contributed by atoms with E-state index in [0.29, 0.717) is 6.54 Å². The molecule has 0 radical (unpaired) electrons. The van der Waals surface area contributed by atoms with E-state index in [2.05, 4.69) is 5.32 Å². The van der Waals surface area contributed by atoms with Crippen molar-refractivity contribution in [2.24, 2.45) is 0 Å². The minimum absolute atomic E-state index is 0. The van der Waals surface area contributed by atoms with Gasteiger partial charge >= 0.3 is 0 Å². The van der Waals surface area contributed by atoms with Gasteiger partial charge in [0.15, 0.2) is 0 Å². The van der Waals surface area contributed by atoms with Gasteiger partial charge in [-0.05, 0) is 24.1 Å². The van der Waals surface area contributed by atoms with Crippen LogP contribution in [0, 0.1) is 10.1 Å². The highest BCUT2D eigenvalue weighted by Gasteiger charge is 2.09. The fourth-order valence-corrected chi connectivity index (χ4v) is 2.15. The van der Waals surface area contributed by atoms with Crippen LogP contribution in [0.2, 0.25) is 0 Å². The van der Waals surface area contributed by atoms with Gasteiger partial charge in [-0.15, -0.1) is 12.4 Å². The van der Waals surface area contributed by atoms with Crippen LogP contribution in [0.25, 0.3) is 0 Å². The zero-order valence-electron chi connectivity index (χ0n) is 12.0. The Labute approximate surface area is 135 Å². The van der Waals surface area contributed by atoms with Crippen molar-refractivity contribution >= 4 is 18.1 Å². The molecule has 0 amide bonds. The van der Waals surface area contributed by atoms with Gasteiger partial charge in [-0.1, -0.05) is 42.5 Å². The average molecular weight is 323 g/mol. The molecule has 0 aliphatic carbocycles. The average Bonchev–Trinajstić information content (AvgIpc) is 2.53. The number of nitro groups is 1. The van der Waals surface area contributed by atoms with Gasteiger partial charge in [-0.3, -0.25) is 10.1 Å². The largest absolute Gasteiger partial charge is 0.394 e. The fourth-order valence-electron chi connectivity index (χ4n) is 2.15. The van der Waals surface area contributed by atoms with Crippen molar-refractivity contribution in [1.82, 2.24) is 5.32 Å². The number of hydrogen-bond acceptors (Lipinski definition) is 4. The van der Waals surface area contributed by atoms with Crippen molar-refractivity contribution in [2.75, 3.05) is 13.2 Å². The second kappa shape index (κ2) is 9.15. The Hall–Kier alpha value is -1.95. The molecule has 0 bridgehead atoms. The van der Waals surface area contributed by atoms with E-state index in [1.807, 2.05) is 30.3 Å². The lowest BCUT2D eigenvalue weighted by Crippen LogP contribution is -2.26. The van der Waals surface area contributed by atoms with Crippen molar-refractivity contribution in [2.45, 2.75) is 12.5 Å². The van der Waals surface area contributed by atoms with Gasteiger partial charge < -0.3 is 10.4 Å². The van der Waals surface area contributed by atoms with Gasteiger partial charge in [0.2, 0.25) is 0 Å². The Morgan fingerprint density at radius 1 is 1.09 bits per heavy atom. The Bertz CT molecular complexity index is 576. The number of aliphatic hydroxyl groups is 1. The highest BCUT2D eigenvalue weighted by molar-refractivity contribution is 5.85. The maximum atomic E-state index is 10.6. The first kappa shape index (κ1) is 18.1. The molecule has 1 unspecified atom stereocenters. The zero-order chi connectivity index (χ0) is 15.1. The Morgan fingerprint density at radius 2 is 1.73 bits per heavy atom. The molecule has 6 heteroatoms. The number of non-ortho nitro benzene ring substituents is 1. The smallest absolute Gasteiger partial charge is 0.269 e. The third-order valence-corrected chi connectivity index (χ3v) is 3.34. The van der Waals surface area contributed by atoms with Gasteiger partial charge in [-0.2, -0.15) is 0 Å². The van der Waals surface area contributed by atoms with E-state index < -0.39 is 4.92 Å². The fraction of sp³-hybridized carbons (Fsp3) is 0.250. The van der Waals surface area contributed by atoms with E-state index in [4.69, 9.17) is 0 Å². The molecule has 2 aromatic carbocycles. The Balaban J connectivity index is 0.00000242. The molecular formula is C16H19ClN2O3. The quantitative estimate of drug-likeness (QED) is 0.607. The van der Waals surface area contributed by atoms with Crippen molar-refractivity contribution in [3.05, 3.63) is 75.8 Å². The van der Waals surface area contributed by atoms with Crippen LogP contribution in [0.15, 0.2) is 54.6 Å². The molecule has 0 spiro atoms. The molecule has 0 heterocycles. The summed E-state index contributed by atoms with van der Waals surface area (Å²) >= 11 is 0. The Kier molecular flexibility index (Phi) is 7.52. The lowest BCUT2D eigenvalue weighted by atomic mass is 10.1. The summed E-state index contributed by atoms with van der Waals surface area (Å²) in [5, 5.41) is 23.3. The first-order valence-corrected chi connectivity index (χ1v) is 6.83. The predicted octanol–water partition coefficient (Wildman–Crippen LogP) is 2.88. The summed E-state index contributed by atoms with van der Waals surface area (Å²) in [6.07, 6.45) is 0.751. The number of halogens is 1. The van der Waals surface area contributed by atoms with Crippen LogP contribution in [0.4, 0.5) is 5.69 Å². The van der Waals surface area contributed by atoms with Crippen LogP contribution < -0.4 is 5.32 Å². The second-order valence-corrected chi connectivity index (χ2v) is 4.77. The number of benzene rings is 2. The van der Waals surface area contributed by atoms with E-state index in [1.54, 1.807) is 12.1 Å². The van der Waals surface area contributed by atoms with E-state index in [-0.39, 0.29) is 30.7 Å². The topological polar surface area (TPSA) is 75.4 Å². The highest BCUT2D eigenvalue weighted by atomic mass is 35.5. The van der Waals surface area contributed by atoms with E-state index in [0.717, 1.165) is 17.5 Å². The summed E-state index contributed by atoms with van der Waals surface area (Å²) in [4.78, 5) is 10.2. The second-order valence-electron chi connectivity index (χ2n) is 4.77. The third-order valence-electron chi connectivity index (χ3n) is 3.34. The molecule has 0 aromatic heterocycles. The molecule has 118 valence electrons. The number of rotatable bonds is 7. The highest BCUT2D eigenvalue weighted by Crippen LogP contribution is 2.14. The van der Waals surface area contributed by atoms with Gasteiger partial charge in [0.25, 0.3) is 5.69 Å². The molecular weight excluding hydrogens is 304 g/mol. The third kappa shape index (κ3) is 5.11. The van der Waals surface area contributed by atoms with E-state index >= 15 is 0 Å². The molecule has 1 atom stereocenters. The summed E-state index contributed by atoms with van der Waals surface area (Å²) in [6, 6.07) is 16.2. The number of nitro benzene ring substituents is 1. The van der Waals surface area contributed by atoms with Gasteiger partial charge in [0.05, 0.1) is 17.6 Å². The summed E-state index contributed by atoms with van der Waals surface area (Å²) in [6.45, 7) is 0.724. The molecule has 2 N–H and O–H groups in total. The molecule has 2 aromatic rings. The summed E-state index contributed by atoms with van der Waals surface area (Å²) in [5.41, 5.74) is 2.17. The van der Waals surface area contributed by atoms with Crippen LogP contribution >= 0.6 is 12.4 Å². The minimum Gasteiger partial charge on any atom is -0.394 e. The SMILES string of the molecule is Cl.O=[N+]([O-])c1ccc(CCNC(CO)c2ccccc2)cc1. The normalized spacial score (nSPS) is 11.5. The van der Waals surface area contributed by atoms with Crippen LogP contribution in [-0.2, 0) is 6.42 Å². The van der Waals surface area contributed by atoms with Crippen molar-refractivity contribution in [1.29, 1.82) is 0 Å². The first-order valence-electron chi connectivity index (χ1n) is 6.83. The maximum absolute atomic E-state index is 10.6. The lowest BCUT2D eigenvalue weighted by molar-refractivity contribution is -0.384. The number of aliphatic hydroxyl groups excluding tert-OH is 1. The summed E-state index contributed by atoms with van der Waals surface area (Å²) < 4.78 is 0. The summed E-state index contributed by atoms with van der Waals surface area (Å²) in [5.74, 6) is 0. The van der Waals surface area contributed by atoms with E-state index in [1.165, 1.54) is 12.1 Å². The first-order chi connectivity index (χ1) is 10.2. The summed E-state index contributed by atoms with van der Waals surface area (Å²) in [7, 11) is 0. The van der Waals surface area contributed by atoms with Crippen LogP contribution in [0.5, 0.6) is 0 Å². The molecule has 0 aliphatic heterocycles. The molecule has 0 saturated carbocycles. The molecule has 2 rings (SSSR count). The number of hydrogen-bond donors (Lipinski definition) is 2. The van der Waals surface area contributed by atoms with Crippen molar-refractivity contribution in [3.8, 4) is 0 Å². The number of nitrogens with zero attached hydrogens (tertiary/aromatic N) is 1. The minimum atomic E-state index is -0.404. The van der Waals surface area contributed by atoms with Crippen LogP contribution in [0.3, 0.4) is 0 Å². The van der Waals surface area contributed by atoms with Crippen LogP contribution in [-0.4, -0.2) is 23.2 Å². The van der Waals surface area contributed by atoms with Gasteiger partial charge in [0.1, 0.15) is 0 Å². The zero-order valence-corrected chi connectivity index (χ0v) is 12.8.